The molecule has 1 aromatic carbocycles. The maximum Gasteiger partial charge on any atom is 0.224 e. The molecule has 0 bridgehead atoms. The van der Waals surface area contributed by atoms with E-state index < -0.39 is 11.6 Å². The van der Waals surface area contributed by atoms with E-state index in [-0.39, 0.29) is 17.5 Å². The highest BCUT2D eigenvalue weighted by molar-refractivity contribution is 5.90. The van der Waals surface area contributed by atoms with Gasteiger partial charge >= 0.3 is 0 Å². The number of hydrogen-bond acceptors (Lipinski definition) is 2. The van der Waals surface area contributed by atoms with Crippen molar-refractivity contribution in [2.24, 2.45) is 0 Å². The number of unbranched alkanes of at least 4 members (excludes halogenated alkanes) is 2. The molecular formula is C14H18F2N2O2. The van der Waals surface area contributed by atoms with Crippen LogP contribution in [0.15, 0.2) is 18.2 Å². The first kappa shape index (κ1) is 16.1. The maximum atomic E-state index is 12.9. The predicted octanol–water partition coefficient (Wildman–Crippen LogP) is 2.60. The summed E-state index contributed by atoms with van der Waals surface area (Å²) < 4.78 is 25.6. The van der Waals surface area contributed by atoms with Crippen LogP contribution in [0.3, 0.4) is 0 Å². The van der Waals surface area contributed by atoms with Crippen molar-refractivity contribution in [3.8, 4) is 0 Å². The molecule has 0 unspecified atom stereocenters. The van der Waals surface area contributed by atoms with E-state index in [0.717, 1.165) is 25.0 Å². The molecule has 0 saturated carbocycles. The van der Waals surface area contributed by atoms with Crippen LogP contribution in [-0.4, -0.2) is 18.4 Å². The average molecular weight is 284 g/mol. The second-order valence-electron chi connectivity index (χ2n) is 4.47. The monoisotopic (exact) mass is 284 g/mol. The third-order valence-electron chi connectivity index (χ3n) is 2.66. The lowest BCUT2D eigenvalue weighted by Crippen LogP contribution is -2.20. The lowest BCUT2D eigenvalue weighted by molar-refractivity contribution is -0.119. The molecule has 0 fully saturated rings. The van der Waals surface area contributed by atoms with Crippen molar-refractivity contribution in [2.75, 3.05) is 11.9 Å². The van der Waals surface area contributed by atoms with Crippen molar-refractivity contribution in [1.29, 1.82) is 0 Å². The molecule has 0 spiro atoms. The quantitative estimate of drug-likeness (QED) is 0.756. The summed E-state index contributed by atoms with van der Waals surface area (Å²) in [6.45, 7) is 2.05. The van der Waals surface area contributed by atoms with Crippen LogP contribution in [0, 0.1) is 11.6 Å². The Balaban J connectivity index is 2.20. The molecule has 0 aromatic heterocycles. The summed E-state index contributed by atoms with van der Waals surface area (Å²) in [5.74, 6) is -2.24. The minimum Gasteiger partial charge on any atom is -0.356 e. The molecule has 1 aromatic rings. The van der Waals surface area contributed by atoms with Gasteiger partial charge in [0.25, 0.3) is 0 Å². The van der Waals surface area contributed by atoms with E-state index in [1.807, 2.05) is 0 Å². The van der Waals surface area contributed by atoms with Crippen LogP contribution >= 0.6 is 0 Å². The number of anilines is 1. The predicted molar refractivity (Wildman–Crippen MR) is 72.1 cm³/mol. The summed E-state index contributed by atoms with van der Waals surface area (Å²) in [5, 5.41) is 5.17. The van der Waals surface area contributed by atoms with Crippen LogP contribution in [0.4, 0.5) is 14.5 Å². The molecule has 0 radical (unpaired) electrons. The SMILES string of the molecule is CC(=O)NCCCCCC(=O)Nc1ccc(F)c(F)c1. The first-order valence-corrected chi connectivity index (χ1v) is 6.48. The normalized spacial score (nSPS) is 10.2. The molecule has 1 rings (SSSR count). The lowest BCUT2D eigenvalue weighted by Gasteiger charge is -2.06. The van der Waals surface area contributed by atoms with Crippen LogP contribution in [0.25, 0.3) is 0 Å². The van der Waals surface area contributed by atoms with E-state index in [1.165, 1.54) is 13.0 Å². The van der Waals surface area contributed by atoms with Gasteiger partial charge in [0.15, 0.2) is 11.6 Å². The van der Waals surface area contributed by atoms with Crippen LogP contribution < -0.4 is 10.6 Å². The average Bonchev–Trinajstić information content (AvgIpc) is 2.38. The molecule has 0 saturated heterocycles. The largest absolute Gasteiger partial charge is 0.356 e. The van der Waals surface area contributed by atoms with Gasteiger partial charge in [0.2, 0.25) is 11.8 Å². The molecule has 4 nitrogen and oxygen atoms in total. The van der Waals surface area contributed by atoms with Crippen molar-refractivity contribution < 1.29 is 18.4 Å². The van der Waals surface area contributed by atoms with E-state index in [2.05, 4.69) is 10.6 Å². The van der Waals surface area contributed by atoms with Crippen LogP contribution in [0.5, 0.6) is 0 Å². The Kier molecular flexibility index (Phi) is 6.63. The number of nitrogens with one attached hydrogen (secondary N) is 2. The van der Waals surface area contributed by atoms with Crippen LogP contribution in [0.2, 0.25) is 0 Å². The fraction of sp³-hybridized carbons (Fsp3) is 0.429. The van der Waals surface area contributed by atoms with Gasteiger partial charge in [-0.05, 0) is 25.0 Å². The topological polar surface area (TPSA) is 58.2 Å². The fourth-order valence-corrected chi connectivity index (χ4v) is 1.65. The number of amides is 2. The molecule has 110 valence electrons. The first-order valence-electron chi connectivity index (χ1n) is 6.48. The molecule has 2 N–H and O–H groups in total. The minimum absolute atomic E-state index is 0.0684. The summed E-state index contributed by atoms with van der Waals surface area (Å²) in [5.41, 5.74) is 0.243. The molecule has 6 heteroatoms. The minimum atomic E-state index is -0.988. The molecule has 2 amide bonds. The Morgan fingerprint density at radius 2 is 1.85 bits per heavy atom. The van der Waals surface area contributed by atoms with Crippen LogP contribution in [-0.2, 0) is 9.59 Å². The Morgan fingerprint density at radius 3 is 2.50 bits per heavy atom. The second-order valence-corrected chi connectivity index (χ2v) is 4.47. The molecule has 0 heterocycles. The van der Waals surface area contributed by atoms with Crippen LogP contribution in [0.1, 0.15) is 32.6 Å². The molecule has 0 aliphatic rings. The maximum absolute atomic E-state index is 12.9. The third kappa shape index (κ3) is 6.26. The number of hydrogen-bond donors (Lipinski definition) is 2. The molecule has 20 heavy (non-hydrogen) atoms. The van der Waals surface area contributed by atoms with Crippen molar-refractivity contribution in [3.63, 3.8) is 0 Å². The Bertz CT molecular complexity index is 478. The van der Waals surface area contributed by atoms with E-state index in [9.17, 15) is 18.4 Å². The van der Waals surface area contributed by atoms with Gasteiger partial charge in [0.05, 0.1) is 0 Å². The number of carbonyl (C=O) groups excluding carboxylic acids is 2. The van der Waals surface area contributed by atoms with Crippen molar-refractivity contribution in [1.82, 2.24) is 5.32 Å². The van der Waals surface area contributed by atoms with Crippen molar-refractivity contribution in [2.45, 2.75) is 32.6 Å². The summed E-state index contributed by atoms with van der Waals surface area (Å²) >= 11 is 0. The zero-order chi connectivity index (χ0) is 15.0. The van der Waals surface area contributed by atoms with E-state index in [4.69, 9.17) is 0 Å². The number of benzene rings is 1. The number of halogens is 2. The van der Waals surface area contributed by atoms with Gasteiger partial charge in [-0.15, -0.1) is 0 Å². The molecular weight excluding hydrogens is 266 g/mol. The molecule has 0 aliphatic heterocycles. The van der Waals surface area contributed by atoms with Gasteiger partial charge < -0.3 is 10.6 Å². The third-order valence-corrected chi connectivity index (χ3v) is 2.66. The standard InChI is InChI=1S/C14H18F2N2O2/c1-10(19)17-8-4-2-3-5-14(20)18-11-6-7-12(15)13(16)9-11/h6-7,9H,2-5,8H2,1H3,(H,17,19)(H,18,20). The van der Waals surface area contributed by atoms with Crippen molar-refractivity contribution >= 4 is 17.5 Å². The Morgan fingerprint density at radius 1 is 1.10 bits per heavy atom. The smallest absolute Gasteiger partial charge is 0.224 e. The van der Waals surface area contributed by atoms with Gasteiger partial charge in [-0.1, -0.05) is 6.42 Å². The van der Waals surface area contributed by atoms with Gasteiger partial charge in [-0.25, -0.2) is 8.78 Å². The Hall–Kier alpha value is -1.98. The lowest BCUT2D eigenvalue weighted by atomic mass is 10.2. The van der Waals surface area contributed by atoms with Gasteiger partial charge in [-0.3, -0.25) is 9.59 Å². The number of carbonyl (C=O) groups is 2. The summed E-state index contributed by atoms with van der Waals surface area (Å²) in [6.07, 6.45) is 2.59. The highest BCUT2D eigenvalue weighted by Gasteiger charge is 2.06. The molecule has 0 aliphatic carbocycles. The molecule has 0 atom stereocenters. The first-order chi connectivity index (χ1) is 9.49. The summed E-state index contributed by atoms with van der Waals surface area (Å²) in [4.78, 5) is 22.2. The van der Waals surface area contributed by atoms with E-state index in [0.29, 0.717) is 19.4 Å². The van der Waals surface area contributed by atoms with E-state index in [1.54, 1.807) is 0 Å². The summed E-state index contributed by atoms with van der Waals surface area (Å²) in [6, 6.07) is 3.23. The zero-order valence-electron chi connectivity index (χ0n) is 11.3. The fourth-order valence-electron chi connectivity index (χ4n) is 1.65. The van der Waals surface area contributed by atoms with Crippen molar-refractivity contribution in [3.05, 3.63) is 29.8 Å². The number of rotatable bonds is 7. The van der Waals surface area contributed by atoms with Gasteiger partial charge in [0, 0.05) is 31.6 Å². The second kappa shape index (κ2) is 8.24. The van der Waals surface area contributed by atoms with Gasteiger partial charge in [-0.2, -0.15) is 0 Å². The zero-order valence-corrected chi connectivity index (χ0v) is 11.3. The summed E-state index contributed by atoms with van der Waals surface area (Å²) in [7, 11) is 0. The van der Waals surface area contributed by atoms with Gasteiger partial charge in [0.1, 0.15) is 0 Å². The van der Waals surface area contributed by atoms with E-state index >= 15 is 0 Å². The highest BCUT2D eigenvalue weighted by Crippen LogP contribution is 2.13. The highest BCUT2D eigenvalue weighted by atomic mass is 19.2. The Labute approximate surface area is 116 Å².